The molecule has 20 heavy (non-hydrogen) atoms. The molecule has 7 heteroatoms. The summed E-state index contributed by atoms with van der Waals surface area (Å²) in [6.07, 6.45) is 3.08. The Morgan fingerprint density at radius 3 is 2.80 bits per heavy atom. The monoisotopic (exact) mass is 306 g/mol. The summed E-state index contributed by atoms with van der Waals surface area (Å²) in [4.78, 5) is 23.1. The van der Waals surface area contributed by atoms with Crippen molar-refractivity contribution in [2.24, 2.45) is 0 Å². The number of H-pyrrole nitrogens is 1. The molecule has 2 aromatic heterocycles. The van der Waals surface area contributed by atoms with Gasteiger partial charge in [0.15, 0.2) is 5.65 Å². The Morgan fingerprint density at radius 2 is 2.00 bits per heavy atom. The van der Waals surface area contributed by atoms with Gasteiger partial charge in [0.2, 0.25) is 0 Å². The zero-order valence-corrected chi connectivity index (χ0v) is 11.5. The molecule has 0 radical (unpaired) electrons. The molecule has 0 aliphatic heterocycles. The third kappa shape index (κ3) is 2.45. The molecule has 1 aromatic carbocycles. The van der Waals surface area contributed by atoms with Gasteiger partial charge in [-0.15, -0.1) is 0 Å². The summed E-state index contributed by atoms with van der Waals surface area (Å²) in [5.41, 5.74) is 2.33. The number of benzene rings is 1. The molecule has 1 amide bonds. The topological polar surface area (TPSA) is 70.7 Å². The summed E-state index contributed by atoms with van der Waals surface area (Å²) in [7, 11) is 0. The molecule has 0 unspecified atom stereocenters. The fourth-order valence-corrected chi connectivity index (χ4v) is 2.04. The maximum absolute atomic E-state index is 12.1. The predicted molar refractivity (Wildman–Crippen MR) is 78.3 cm³/mol. The molecule has 0 aliphatic rings. The van der Waals surface area contributed by atoms with E-state index in [1.54, 1.807) is 30.7 Å². The van der Waals surface area contributed by atoms with Crippen LogP contribution in [-0.2, 0) is 0 Å². The first-order valence-corrected chi connectivity index (χ1v) is 6.44. The van der Waals surface area contributed by atoms with Crippen LogP contribution < -0.4 is 5.32 Å². The van der Waals surface area contributed by atoms with E-state index in [4.69, 9.17) is 23.2 Å². The second kappa shape index (κ2) is 5.11. The Morgan fingerprint density at radius 1 is 1.15 bits per heavy atom. The molecule has 2 N–H and O–H groups in total. The molecule has 0 saturated heterocycles. The summed E-state index contributed by atoms with van der Waals surface area (Å²) >= 11 is 11.7. The van der Waals surface area contributed by atoms with E-state index in [0.29, 0.717) is 26.9 Å². The van der Waals surface area contributed by atoms with Gasteiger partial charge in [-0.1, -0.05) is 23.2 Å². The van der Waals surface area contributed by atoms with Crippen molar-refractivity contribution in [3.05, 3.63) is 52.4 Å². The van der Waals surface area contributed by atoms with Crippen molar-refractivity contribution >= 4 is 46.0 Å². The molecule has 0 aliphatic carbocycles. The van der Waals surface area contributed by atoms with Crippen molar-refractivity contribution < 1.29 is 4.79 Å². The molecule has 3 aromatic rings. The molecule has 3 rings (SSSR count). The Bertz CT molecular complexity index is 800. The van der Waals surface area contributed by atoms with Gasteiger partial charge in [0.05, 0.1) is 33.8 Å². The summed E-state index contributed by atoms with van der Waals surface area (Å²) < 4.78 is 0. The SMILES string of the molecule is O=C(Nc1cnc2nc[nH]c2c1)c1ccc(Cl)c(Cl)c1. The molecule has 0 bridgehead atoms. The summed E-state index contributed by atoms with van der Waals surface area (Å²) in [5.74, 6) is -0.288. The number of halogens is 2. The molecular weight excluding hydrogens is 299 g/mol. The van der Waals surface area contributed by atoms with E-state index < -0.39 is 0 Å². The van der Waals surface area contributed by atoms with Crippen molar-refractivity contribution in [3.63, 3.8) is 0 Å². The van der Waals surface area contributed by atoms with Gasteiger partial charge in [-0.25, -0.2) is 9.97 Å². The zero-order chi connectivity index (χ0) is 14.1. The largest absolute Gasteiger partial charge is 0.343 e. The lowest BCUT2D eigenvalue weighted by Gasteiger charge is -2.05. The number of aromatic amines is 1. The average molecular weight is 307 g/mol. The number of pyridine rings is 1. The summed E-state index contributed by atoms with van der Waals surface area (Å²) in [5, 5.41) is 3.48. The highest BCUT2D eigenvalue weighted by Gasteiger charge is 2.09. The number of amides is 1. The van der Waals surface area contributed by atoms with Crippen LogP contribution in [0, 0.1) is 0 Å². The van der Waals surface area contributed by atoms with Gasteiger partial charge in [-0.3, -0.25) is 4.79 Å². The van der Waals surface area contributed by atoms with Crippen molar-refractivity contribution in [3.8, 4) is 0 Å². The fourth-order valence-electron chi connectivity index (χ4n) is 1.74. The minimum atomic E-state index is -0.288. The maximum Gasteiger partial charge on any atom is 0.255 e. The van der Waals surface area contributed by atoms with E-state index in [9.17, 15) is 4.79 Å². The number of imidazole rings is 1. The maximum atomic E-state index is 12.1. The fraction of sp³-hybridized carbons (Fsp3) is 0. The van der Waals surface area contributed by atoms with E-state index in [1.807, 2.05) is 0 Å². The molecular formula is C13H8Cl2N4O. The van der Waals surface area contributed by atoms with Crippen LogP contribution in [0.15, 0.2) is 36.8 Å². The molecule has 5 nitrogen and oxygen atoms in total. The second-order valence-corrected chi connectivity index (χ2v) is 4.90. The van der Waals surface area contributed by atoms with E-state index in [-0.39, 0.29) is 5.91 Å². The average Bonchev–Trinajstić information content (AvgIpc) is 2.89. The van der Waals surface area contributed by atoms with E-state index >= 15 is 0 Å². The first-order chi connectivity index (χ1) is 9.63. The number of aromatic nitrogens is 3. The normalized spacial score (nSPS) is 10.7. The smallest absolute Gasteiger partial charge is 0.255 e. The lowest BCUT2D eigenvalue weighted by molar-refractivity contribution is 0.102. The Hall–Kier alpha value is -2.11. The standard InChI is InChI=1S/C13H8Cl2N4O/c14-9-2-1-7(3-10(9)15)13(20)19-8-4-11-12(16-5-8)18-6-17-11/h1-6H,(H,19,20)(H,16,17,18). The van der Waals surface area contributed by atoms with E-state index in [0.717, 1.165) is 5.52 Å². The van der Waals surface area contributed by atoms with Crippen molar-refractivity contribution in [2.75, 3.05) is 5.32 Å². The van der Waals surface area contributed by atoms with Gasteiger partial charge >= 0.3 is 0 Å². The van der Waals surface area contributed by atoms with Gasteiger partial charge in [-0.05, 0) is 24.3 Å². The minimum absolute atomic E-state index is 0.288. The second-order valence-electron chi connectivity index (χ2n) is 4.08. The quantitative estimate of drug-likeness (QED) is 0.761. The molecule has 0 saturated carbocycles. The van der Waals surface area contributed by atoms with Crippen molar-refractivity contribution in [1.82, 2.24) is 15.0 Å². The van der Waals surface area contributed by atoms with Gasteiger partial charge in [0, 0.05) is 5.56 Å². The summed E-state index contributed by atoms with van der Waals surface area (Å²) in [6, 6.07) is 6.45. The van der Waals surface area contributed by atoms with E-state index in [2.05, 4.69) is 20.3 Å². The lowest BCUT2D eigenvalue weighted by Crippen LogP contribution is -2.12. The Kier molecular flexibility index (Phi) is 3.30. The van der Waals surface area contributed by atoms with Crippen LogP contribution in [0.3, 0.4) is 0 Å². The predicted octanol–water partition coefficient (Wildman–Crippen LogP) is 3.52. The molecule has 0 spiro atoms. The summed E-state index contributed by atoms with van der Waals surface area (Å²) in [6.45, 7) is 0. The highest BCUT2D eigenvalue weighted by molar-refractivity contribution is 6.42. The van der Waals surface area contributed by atoms with Crippen LogP contribution in [0.25, 0.3) is 11.2 Å². The van der Waals surface area contributed by atoms with Crippen LogP contribution in [0.4, 0.5) is 5.69 Å². The molecule has 0 atom stereocenters. The first-order valence-electron chi connectivity index (χ1n) is 5.69. The Labute approximate surface area is 124 Å². The number of hydrogen-bond donors (Lipinski definition) is 2. The number of nitrogens with one attached hydrogen (secondary N) is 2. The highest BCUT2D eigenvalue weighted by Crippen LogP contribution is 2.23. The van der Waals surface area contributed by atoms with Gasteiger partial charge in [0.25, 0.3) is 5.91 Å². The van der Waals surface area contributed by atoms with Crippen molar-refractivity contribution in [1.29, 1.82) is 0 Å². The number of hydrogen-bond acceptors (Lipinski definition) is 3. The van der Waals surface area contributed by atoms with Gasteiger partial charge in [-0.2, -0.15) is 0 Å². The van der Waals surface area contributed by atoms with Crippen LogP contribution in [-0.4, -0.2) is 20.9 Å². The number of anilines is 1. The van der Waals surface area contributed by atoms with Crippen LogP contribution in [0.1, 0.15) is 10.4 Å². The number of fused-ring (bicyclic) bond motifs is 1. The minimum Gasteiger partial charge on any atom is -0.343 e. The highest BCUT2D eigenvalue weighted by atomic mass is 35.5. The lowest BCUT2D eigenvalue weighted by atomic mass is 10.2. The number of carbonyl (C=O) groups excluding carboxylic acids is 1. The Balaban J connectivity index is 1.85. The van der Waals surface area contributed by atoms with Crippen molar-refractivity contribution in [2.45, 2.75) is 0 Å². The number of rotatable bonds is 2. The van der Waals surface area contributed by atoms with Gasteiger partial charge < -0.3 is 10.3 Å². The van der Waals surface area contributed by atoms with Gasteiger partial charge in [0.1, 0.15) is 0 Å². The number of carbonyl (C=O) groups is 1. The molecule has 2 heterocycles. The van der Waals surface area contributed by atoms with Crippen LogP contribution in [0.5, 0.6) is 0 Å². The molecule has 100 valence electrons. The molecule has 0 fully saturated rings. The third-order valence-corrected chi connectivity index (χ3v) is 3.45. The van der Waals surface area contributed by atoms with Crippen LogP contribution >= 0.6 is 23.2 Å². The first kappa shape index (κ1) is 12.9. The number of nitrogens with zero attached hydrogens (tertiary/aromatic N) is 2. The van der Waals surface area contributed by atoms with E-state index in [1.165, 1.54) is 6.07 Å². The third-order valence-electron chi connectivity index (χ3n) is 2.71. The zero-order valence-electron chi connectivity index (χ0n) is 10.0. The van der Waals surface area contributed by atoms with Crippen LogP contribution in [0.2, 0.25) is 10.0 Å².